The van der Waals surface area contributed by atoms with Crippen LogP contribution in [0, 0.1) is 0 Å². The van der Waals surface area contributed by atoms with Crippen LogP contribution in [0.4, 0.5) is 0 Å². The molecule has 0 saturated heterocycles. The molecule has 0 aliphatic rings. The number of nitrogens with one attached hydrogen (secondary N) is 7. The molecule has 24 nitrogen and oxygen atoms in total. The van der Waals surface area contributed by atoms with E-state index < -0.39 is 127 Å². The van der Waals surface area contributed by atoms with Crippen molar-refractivity contribution in [3.63, 3.8) is 0 Å². The van der Waals surface area contributed by atoms with E-state index >= 15 is 0 Å². The highest BCUT2D eigenvalue weighted by Gasteiger charge is 2.33. The third-order valence-corrected chi connectivity index (χ3v) is 9.20. The smallest absolute Gasteiger partial charge is 0.327 e. The minimum absolute atomic E-state index is 0.0126. The average Bonchev–Trinajstić information content (AvgIpc) is 3.19. The summed E-state index contributed by atoms with van der Waals surface area (Å²) < 4.78 is 0. The number of benzene rings is 1. The van der Waals surface area contributed by atoms with Gasteiger partial charge < -0.3 is 69.7 Å². The molecule has 0 heterocycles. The molecule has 7 amide bonds. The molecule has 338 valence electrons. The number of nitrogens with two attached hydrogens (primary N) is 3. The Hall–Kier alpha value is -5.80. The minimum atomic E-state index is -1.82. The molecular formula is C34H51N11O13S3. The van der Waals surface area contributed by atoms with Gasteiger partial charge >= 0.3 is 17.9 Å². The van der Waals surface area contributed by atoms with Crippen molar-refractivity contribution in [1.82, 2.24) is 37.2 Å². The molecule has 0 aliphatic heterocycles. The average molecular weight is 918 g/mol. The van der Waals surface area contributed by atoms with E-state index in [0.717, 1.165) is 0 Å². The summed E-state index contributed by atoms with van der Waals surface area (Å²) in [7, 11) is 0. The fourth-order valence-corrected chi connectivity index (χ4v) is 5.74. The second-order valence-electron chi connectivity index (χ2n) is 13.0. The first-order valence-electron chi connectivity index (χ1n) is 18.2. The van der Waals surface area contributed by atoms with E-state index in [0.29, 0.717) is 5.56 Å². The SMILES string of the molecule is NC(N)=NCCC[C@H](NC(=O)[C@H](CS)NC(=O)[C@@H](N)CC(=O)O)C(=O)NCC(=O)N[C@@H](CC(=O)O)C(=O)N[C@@H](CS)C(=O)N[C@@H](Cc1ccccc1)C(=O)N[C@@H](CS)C(=O)O. The lowest BCUT2D eigenvalue weighted by atomic mass is 10.0. The standard InChI is InChI=1S/C34H51N11O13S3/c35-17(10-25(47)48)27(51)43-21(13-59)31(55)41-18(7-4-8-38-34(36)37)28(52)39-12-24(46)40-20(11-26(49)50)30(54)44-22(14-60)32(56)42-19(9-16-5-2-1-3-6-16)29(53)45-23(15-61)33(57)58/h1-3,5-6,17-23,59-61H,4,7-15,35H2,(H,39,52)(H,40,46)(H,41,55)(H,42,56)(H,43,51)(H,44,54)(H,45,53)(H,47,48)(H,49,50)(H,57,58)(H4,36,37,38)/t17-,18-,19-,20-,21-,22-,23-/m0/s1. The lowest BCUT2D eigenvalue weighted by Crippen LogP contribution is -2.59. The monoisotopic (exact) mass is 917 g/mol. The summed E-state index contributed by atoms with van der Waals surface area (Å²) in [5.74, 6) is -12.5. The molecule has 1 aromatic carbocycles. The van der Waals surface area contributed by atoms with Gasteiger partial charge in [-0.05, 0) is 18.4 Å². The molecule has 0 spiro atoms. The zero-order valence-electron chi connectivity index (χ0n) is 32.4. The summed E-state index contributed by atoms with van der Waals surface area (Å²) >= 11 is 12.0. The first-order valence-corrected chi connectivity index (χ1v) is 20.0. The molecular weight excluding hydrogens is 867 g/mol. The number of carbonyl (C=O) groups excluding carboxylic acids is 7. The van der Waals surface area contributed by atoms with Crippen LogP contribution >= 0.6 is 37.9 Å². The second kappa shape index (κ2) is 27.9. The number of hydrogen-bond donors (Lipinski definition) is 16. The molecule has 7 atom stereocenters. The van der Waals surface area contributed by atoms with Gasteiger partial charge in [0.1, 0.15) is 36.3 Å². The molecule has 61 heavy (non-hydrogen) atoms. The van der Waals surface area contributed by atoms with E-state index in [2.05, 4.69) is 80.1 Å². The predicted octanol–water partition coefficient (Wildman–Crippen LogP) is -5.54. The summed E-state index contributed by atoms with van der Waals surface area (Å²) in [6.45, 7) is -0.853. The molecule has 0 bridgehead atoms. The van der Waals surface area contributed by atoms with Gasteiger partial charge in [0.2, 0.25) is 41.4 Å². The van der Waals surface area contributed by atoms with Gasteiger partial charge in [-0.1, -0.05) is 30.3 Å². The van der Waals surface area contributed by atoms with Crippen LogP contribution in [0.5, 0.6) is 0 Å². The number of amides is 7. The van der Waals surface area contributed by atoms with Crippen molar-refractivity contribution < 1.29 is 63.3 Å². The topological polar surface area (TPSA) is 406 Å². The Balaban J connectivity index is 3.11. The van der Waals surface area contributed by atoms with E-state index in [1.54, 1.807) is 30.3 Å². The van der Waals surface area contributed by atoms with Crippen LogP contribution in [0.15, 0.2) is 35.3 Å². The van der Waals surface area contributed by atoms with Crippen LogP contribution < -0.4 is 54.4 Å². The maximum atomic E-state index is 13.4. The zero-order valence-corrected chi connectivity index (χ0v) is 35.1. The van der Waals surface area contributed by atoms with Crippen LogP contribution in [-0.4, -0.2) is 153 Å². The van der Waals surface area contributed by atoms with Crippen molar-refractivity contribution in [3.8, 4) is 0 Å². The number of carbonyl (C=O) groups is 10. The summed E-state index contributed by atoms with van der Waals surface area (Å²) in [4.78, 5) is 129. The van der Waals surface area contributed by atoms with Crippen LogP contribution in [-0.2, 0) is 54.4 Å². The fourth-order valence-electron chi connectivity index (χ4n) is 4.97. The molecule has 0 aliphatic carbocycles. The molecule has 1 aromatic rings. The van der Waals surface area contributed by atoms with Crippen molar-refractivity contribution in [1.29, 1.82) is 0 Å². The lowest BCUT2D eigenvalue weighted by molar-refractivity contribution is -0.141. The van der Waals surface area contributed by atoms with E-state index in [1.165, 1.54) is 0 Å². The van der Waals surface area contributed by atoms with Crippen LogP contribution in [0.2, 0.25) is 0 Å². The number of aliphatic carboxylic acids is 3. The van der Waals surface area contributed by atoms with Gasteiger partial charge in [-0.15, -0.1) is 0 Å². The molecule has 0 unspecified atom stereocenters. The fraction of sp³-hybridized carbons (Fsp3) is 0.500. The van der Waals surface area contributed by atoms with Crippen LogP contribution in [0.25, 0.3) is 0 Å². The van der Waals surface area contributed by atoms with Gasteiger partial charge in [-0.3, -0.25) is 48.1 Å². The number of thiol groups is 3. The Morgan fingerprint density at radius 2 is 1.07 bits per heavy atom. The van der Waals surface area contributed by atoms with Gasteiger partial charge in [0.05, 0.1) is 25.4 Å². The number of guanidine groups is 1. The molecule has 0 fully saturated rings. The van der Waals surface area contributed by atoms with Crippen molar-refractivity contribution in [3.05, 3.63) is 35.9 Å². The number of nitrogens with zero attached hydrogens (tertiary/aromatic N) is 1. The Morgan fingerprint density at radius 3 is 1.57 bits per heavy atom. The second-order valence-corrected chi connectivity index (χ2v) is 14.1. The highest BCUT2D eigenvalue weighted by molar-refractivity contribution is 7.80. The first-order chi connectivity index (χ1) is 28.7. The molecule has 0 aromatic heterocycles. The summed E-state index contributed by atoms with van der Waals surface area (Å²) in [5.41, 5.74) is 16.8. The number of carboxylic acid groups (broad SMARTS) is 3. The van der Waals surface area contributed by atoms with E-state index in [1.807, 2.05) is 0 Å². The first kappa shape index (κ1) is 53.2. The highest BCUT2D eigenvalue weighted by Crippen LogP contribution is 2.07. The van der Waals surface area contributed by atoms with Gasteiger partial charge in [-0.25, -0.2) is 4.79 Å². The van der Waals surface area contributed by atoms with Crippen molar-refractivity contribution in [2.45, 2.75) is 74.4 Å². The van der Waals surface area contributed by atoms with Crippen molar-refractivity contribution in [2.24, 2.45) is 22.2 Å². The normalized spacial score (nSPS) is 14.1. The Kier molecular flexibility index (Phi) is 24.3. The maximum Gasteiger partial charge on any atom is 0.327 e. The predicted molar refractivity (Wildman–Crippen MR) is 226 cm³/mol. The summed E-state index contributed by atoms with van der Waals surface area (Å²) in [6, 6.07) is -2.05. The van der Waals surface area contributed by atoms with Gasteiger partial charge in [-0.2, -0.15) is 37.9 Å². The highest BCUT2D eigenvalue weighted by atomic mass is 32.1. The Morgan fingerprint density at radius 1 is 0.590 bits per heavy atom. The van der Waals surface area contributed by atoms with Crippen molar-refractivity contribution in [2.75, 3.05) is 30.3 Å². The number of rotatable bonds is 28. The van der Waals surface area contributed by atoms with E-state index in [-0.39, 0.29) is 43.3 Å². The molecule has 16 N–H and O–H groups in total. The van der Waals surface area contributed by atoms with Gasteiger partial charge in [0.15, 0.2) is 5.96 Å². The quantitative estimate of drug-likeness (QED) is 0.0161. The summed E-state index contributed by atoms with van der Waals surface area (Å²) in [5, 5.41) is 43.7. The third-order valence-electron chi connectivity index (χ3n) is 8.11. The van der Waals surface area contributed by atoms with Crippen molar-refractivity contribution >= 4 is 103 Å². The molecule has 0 radical (unpaired) electrons. The molecule has 1 rings (SSSR count). The minimum Gasteiger partial charge on any atom is -0.481 e. The molecule has 0 saturated carbocycles. The van der Waals surface area contributed by atoms with E-state index in [9.17, 15) is 58.2 Å². The van der Waals surface area contributed by atoms with Crippen LogP contribution in [0.3, 0.4) is 0 Å². The number of aliphatic imine (C=N–C) groups is 1. The van der Waals surface area contributed by atoms with Gasteiger partial charge in [0.25, 0.3) is 0 Å². The maximum absolute atomic E-state index is 13.4. The third kappa shape index (κ3) is 20.8. The lowest BCUT2D eigenvalue weighted by Gasteiger charge is -2.25. The Bertz CT molecular complexity index is 1760. The molecule has 27 heteroatoms. The van der Waals surface area contributed by atoms with Gasteiger partial charge in [0, 0.05) is 30.2 Å². The largest absolute Gasteiger partial charge is 0.481 e. The Labute approximate surface area is 365 Å². The van der Waals surface area contributed by atoms with E-state index in [4.69, 9.17) is 22.3 Å². The number of hydrogen-bond acceptors (Lipinski definition) is 15. The zero-order chi connectivity index (χ0) is 46.2. The number of carboxylic acids is 3. The van der Waals surface area contributed by atoms with Crippen LogP contribution in [0.1, 0.15) is 31.2 Å². The summed E-state index contributed by atoms with van der Waals surface area (Å²) in [6.07, 6.45) is -1.86.